The Labute approximate surface area is 106 Å². The Morgan fingerprint density at radius 2 is 2.22 bits per heavy atom. The molecule has 0 aromatic carbocycles. The van der Waals surface area contributed by atoms with Gasteiger partial charge in [-0.05, 0) is 23.3 Å². The Morgan fingerprint density at radius 1 is 1.39 bits per heavy atom. The molecule has 0 aliphatic rings. The number of carbonyl (C=O) groups excluding carboxylic acids is 1. The highest BCUT2D eigenvalue weighted by molar-refractivity contribution is 5.92. The van der Waals surface area contributed by atoms with Gasteiger partial charge in [-0.15, -0.1) is 0 Å². The molecule has 0 spiro atoms. The molecule has 1 amide bonds. The summed E-state index contributed by atoms with van der Waals surface area (Å²) >= 11 is 0. The summed E-state index contributed by atoms with van der Waals surface area (Å²) in [6.45, 7) is 0.989. The van der Waals surface area contributed by atoms with Crippen LogP contribution in [0.4, 0.5) is 0 Å². The molecule has 2 aromatic rings. The fraction of sp³-hybridized carbons (Fsp3) is 0.231. The van der Waals surface area contributed by atoms with Gasteiger partial charge in [0.2, 0.25) is 0 Å². The molecule has 2 rings (SSSR count). The number of nitrogens with two attached hydrogens (primary N) is 1. The van der Waals surface area contributed by atoms with Gasteiger partial charge in [0.25, 0.3) is 5.91 Å². The zero-order valence-electron chi connectivity index (χ0n) is 10.3. The third kappa shape index (κ3) is 2.75. The van der Waals surface area contributed by atoms with Crippen LogP contribution < -0.4 is 5.73 Å². The van der Waals surface area contributed by atoms with Crippen LogP contribution in [0.1, 0.15) is 21.6 Å². The van der Waals surface area contributed by atoms with E-state index in [1.54, 1.807) is 24.2 Å². The van der Waals surface area contributed by atoms with E-state index in [4.69, 9.17) is 5.73 Å². The number of aromatic amines is 1. The summed E-state index contributed by atoms with van der Waals surface area (Å²) in [6.07, 6.45) is 5.34. The molecule has 3 N–H and O–H groups in total. The number of H-pyrrole nitrogens is 1. The zero-order valence-corrected chi connectivity index (χ0v) is 10.3. The Hall–Kier alpha value is -2.14. The Morgan fingerprint density at radius 3 is 2.78 bits per heavy atom. The van der Waals surface area contributed by atoms with E-state index in [0.717, 1.165) is 11.1 Å². The maximum absolute atomic E-state index is 12.1. The van der Waals surface area contributed by atoms with E-state index in [2.05, 4.69) is 9.97 Å². The summed E-state index contributed by atoms with van der Waals surface area (Å²) in [7, 11) is 1.76. The minimum Gasteiger partial charge on any atom is -0.367 e. The molecule has 0 aliphatic carbocycles. The van der Waals surface area contributed by atoms with Crippen molar-refractivity contribution in [3.63, 3.8) is 0 Å². The molecule has 0 saturated heterocycles. The predicted molar refractivity (Wildman–Crippen MR) is 68.7 cm³/mol. The van der Waals surface area contributed by atoms with Gasteiger partial charge in [0, 0.05) is 38.7 Å². The normalized spacial score (nSPS) is 10.3. The van der Waals surface area contributed by atoms with E-state index in [1.165, 1.54) is 0 Å². The van der Waals surface area contributed by atoms with Crippen molar-refractivity contribution in [1.82, 2.24) is 14.9 Å². The molecule has 0 unspecified atom stereocenters. The fourth-order valence-corrected chi connectivity index (χ4v) is 1.67. The lowest BCUT2D eigenvalue weighted by Gasteiger charge is -2.15. The van der Waals surface area contributed by atoms with Gasteiger partial charge in [0.15, 0.2) is 0 Å². The molecule has 94 valence electrons. The van der Waals surface area contributed by atoms with Crippen LogP contribution in [0.15, 0.2) is 36.8 Å². The first-order valence-corrected chi connectivity index (χ1v) is 5.73. The van der Waals surface area contributed by atoms with Gasteiger partial charge >= 0.3 is 0 Å². The summed E-state index contributed by atoms with van der Waals surface area (Å²) in [6, 6.07) is 5.47. The quantitative estimate of drug-likeness (QED) is 0.847. The number of nitrogens with zero attached hydrogens (tertiary/aromatic N) is 2. The largest absolute Gasteiger partial charge is 0.367 e. The van der Waals surface area contributed by atoms with Crippen molar-refractivity contribution in [3.05, 3.63) is 53.6 Å². The maximum atomic E-state index is 12.1. The summed E-state index contributed by atoms with van der Waals surface area (Å²) in [5, 5.41) is 0. The van der Waals surface area contributed by atoms with Crippen molar-refractivity contribution in [2.24, 2.45) is 5.73 Å². The van der Waals surface area contributed by atoms with Gasteiger partial charge in [0.05, 0.1) is 0 Å². The minimum atomic E-state index is -0.0974. The van der Waals surface area contributed by atoms with Crippen LogP contribution >= 0.6 is 0 Å². The molecule has 5 heteroatoms. The standard InChI is InChI=1S/C13H16N4O/c1-17(9-11-4-5-15-7-11)13(18)12-3-2-10(6-14)8-16-12/h2-5,7-8,15H,6,9,14H2,1H3. The van der Waals surface area contributed by atoms with E-state index >= 15 is 0 Å². The minimum absolute atomic E-state index is 0.0974. The van der Waals surface area contributed by atoms with Crippen molar-refractivity contribution in [2.45, 2.75) is 13.1 Å². The predicted octanol–water partition coefficient (Wildman–Crippen LogP) is 1.14. The van der Waals surface area contributed by atoms with Gasteiger partial charge in [-0.1, -0.05) is 6.07 Å². The van der Waals surface area contributed by atoms with E-state index in [0.29, 0.717) is 18.8 Å². The third-order valence-corrected chi connectivity index (χ3v) is 2.71. The van der Waals surface area contributed by atoms with E-state index < -0.39 is 0 Å². The molecule has 0 bridgehead atoms. The second-order valence-corrected chi connectivity index (χ2v) is 4.14. The van der Waals surface area contributed by atoms with Gasteiger partial charge < -0.3 is 15.6 Å². The molecule has 18 heavy (non-hydrogen) atoms. The highest BCUT2D eigenvalue weighted by atomic mass is 16.2. The van der Waals surface area contributed by atoms with Gasteiger partial charge in [-0.25, -0.2) is 0 Å². The highest BCUT2D eigenvalue weighted by Crippen LogP contribution is 2.07. The molecule has 0 fully saturated rings. The first-order valence-electron chi connectivity index (χ1n) is 5.73. The maximum Gasteiger partial charge on any atom is 0.272 e. The van der Waals surface area contributed by atoms with Crippen LogP contribution in [0, 0.1) is 0 Å². The van der Waals surface area contributed by atoms with E-state index in [1.807, 2.05) is 24.5 Å². The number of hydrogen-bond acceptors (Lipinski definition) is 3. The van der Waals surface area contributed by atoms with E-state index in [-0.39, 0.29) is 5.91 Å². The van der Waals surface area contributed by atoms with Crippen molar-refractivity contribution < 1.29 is 4.79 Å². The van der Waals surface area contributed by atoms with Crippen molar-refractivity contribution in [3.8, 4) is 0 Å². The SMILES string of the molecule is CN(Cc1cc[nH]c1)C(=O)c1ccc(CN)cn1. The average molecular weight is 244 g/mol. The number of pyridine rings is 1. The summed E-state index contributed by atoms with van der Waals surface area (Å²) < 4.78 is 0. The first-order chi connectivity index (χ1) is 8.70. The Kier molecular flexibility index (Phi) is 3.74. The second-order valence-electron chi connectivity index (χ2n) is 4.14. The highest BCUT2D eigenvalue weighted by Gasteiger charge is 2.13. The van der Waals surface area contributed by atoms with Crippen molar-refractivity contribution in [2.75, 3.05) is 7.05 Å². The Bertz CT molecular complexity index is 504. The molecule has 0 aliphatic heterocycles. The van der Waals surface area contributed by atoms with Crippen molar-refractivity contribution in [1.29, 1.82) is 0 Å². The fourth-order valence-electron chi connectivity index (χ4n) is 1.67. The number of carbonyl (C=O) groups is 1. The third-order valence-electron chi connectivity index (χ3n) is 2.71. The molecule has 2 heterocycles. The number of nitrogens with one attached hydrogen (secondary N) is 1. The molecule has 0 radical (unpaired) electrons. The molecule has 0 atom stereocenters. The lowest BCUT2D eigenvalue weighted by atomic mass is 10.2. The molecular formula is C13H16N4O. The topological polar surface area (TPSA) is 75.0 Å². The average Bonchev–Trinajstić information content (AvgIpc) is 2.91. The molecular weight excluding hydrogens is 228 g/mol. The van der Waals surface area contributed by atoms with Gasteiger partial charge in [0.1, 0.15) is 5.69 Å². The molecule has 0 saturated carbocycles. The lowest BCUT2D eigenvalue weighted by molar-refractivity contribution is 0.0779. The van der Waals surface area contributed by atoms with Crippen LogP contribution in [0.25, 0.3) is 0 Å². The molecule has 5 nitrogen and oxygen atoms in total. The first kappa shape index (κ1) is 12.3. The number of aromatic nitrogens is 2. The van der Waals surface area contributed by atoms with Crippen LogP contribution in [-0.2, 0) is 13.1 Å². The van der Waals surface area contributed by atoms with E-state index in [9.17, 15) is 4.79 Å². The lowest BCUT2D eigenvalue weighted by Crippen LogP contribution is -2.26. The Balaban J connectivity index is 2.05. The number of rotatable bonds is 4. The second kappa shape index (κ2) is 5.46. The van der Waals surface area contributed by atoms with Crippen LogP contribution in [-0.4, -0.2) is 27.8 Å². The van der Waals surface area contributed by atoms with Gasteiger partial charge in [-0.2, -0.15) is 0 Å². The summed E-state index contributed by atoms with van der Waals surface area (Å²) in [4.78, 5) is 20.8. The number of amides is 1. The van der Waals surface area contributed by atoms with Crippen LogP contribution in [0.2, 0.25) is 0 Å². The number of hydrogen-bond donors (Lipinski definition) is 2. The smallest absolute Gasteiger partial charge is 0.272 e. The summed E-state index contributed by atoms with van der Waals surface area (Å²) in [5.74, 6) is -0.0974. The monoisotopic (exact) mass is 244 g/mol. The summed E-state index contributed by atoms with van der Waals surface area (Å²) in [5.41, 5.74) is 7.90. The van der Waals surface area contributed by atoms with Crippen molar-refractivity contribution >= 4 is 5.91 Å². The molecule has 2 aromatic heterocycles. The van der Waals surface area contributed by atoms with Crippen LogP contribution in [0.3, 0.4) is 0 Å². The van der Waals surface area contributed by atoms with Gasteiger partial charge in [-0.3, -0.25) is 9.78 Å². The zero-order chi connectivity index (χ0) is 13.0. The van der Waals surface area contributed by atoms with Crippen LogP contribution in [0.5, 0.6) is 0 Å².